The van der Waals surface area contributed by atoms with E-state index < -0.39 is 10.0 Å². The average Bonchev–Trinajstić information content (AvgIpc) is 2.63. The third-order valence-electron chi connectivity index (χ3n) is 5.15. The van der Waals surface area contributed by atoms with Gasteiger partial charge in [0.2, 0.25) is 10.0 Å². The molecule has 1 aliphatic carbocycles. The van der Waals surface area contributed by atoms with Gasteiger partial charge in [-0.05, 0) is 48.7 Å². The Balaban J connectivity index is 1.90. The molecule has 0 bridgehead atoms. The van der Waals surface area contributed by atoms with Crippen LogP contribution in [0.25, 0.3) is 0 Å². The molecule has 1 aromatic carbocycles. The molecule has 1 fully saturated rings. The van der Waals surface area contributed by atoms with Crippen molar-refractivity contribution in [2.75, 3.05) is 13.1 Å². The zero-order chi connectivity index (χ0) is 19.2. The molecule has 7 heteroatoms. The summed E-state index contributed by atoms with van der Waals surface area (Å²) in [6.45, 7) is 7.50. The zero-order valence-corrected chi connectivity index (χ0v) is 17.6. The van der Waals surface area contributed by atoms with Crippen LogP contribution < -0.4 is 10.6 Å². The van der Waals surface area contributed by atoms with Crippen molar-refractivity contribution in [1.82, 2.24) is 14.9 Å². The van der Waals surface area contributed by atoms with Crippen LogP contribution in [-0.2, 0) is 16.6 Å². The molecule has 146 valence electrons. The quantitative estimate of drug-likeness (QED) is 0.692. The minimum Gasteiger partial charge on any atom is -0.360 e. The number of nitrogens with zero attached hydrogens (tertiary/aromatic N) is 1. The van der Waals surface area contributed by atoms with Crippen molar-refractivity contribution in [2.24, 2.45) is 5.92 Å². The highest BCUT2D eigenvalue weighted by Crippen LogP contribution is 2.23. The minimum absolute atomic E-state index is 0.335. The highest BCUT2D eigenvalue weighted by atomic mass is 32.2. The molecule has 0 aromatic heterocycles. The molecule has 0 unspecified atom stereocenters. The largest absolute Gasteiger partial charge is 0.360 e. The molecule has 0 spiro atoms. The number of thiocarbonyl (C=S) groups is 1. The smallest absolute Gasteiger partial charge is 0.243 e. The Kier molecular flexibility index (Phi) is 7.85. The Bertz CT molecular complexity index is 685. The molecule has 0 radical (unpaired) electrons. The molecule has 0 aliphatic heterocycles. The summed E-state index contributed by atoms with van der Waals surface area (Å²) in [6.07, 6.45) is 4.99. The summed E-state index contributed by atoms with van der Waals surface area (Å²) in [5, 5.41) is 7.32. The van der Waals surface area contributed by atoms with Crippen LogP contribution in [0.3, 0.4) is 0 Å². The first-order valence-electron chi connectivity index (χ1n) is 9.52. The second-order valence-corrected chi connectivity index (χ2v) is 9.27. The van der Waals surface area contributed by atoms with Crippen LogP contribution in [0, 0.1) is 5.92 Å². The van der Waals surface area contributed by atoms with Crippen molar-refractivity contribution < 1.29 is 8.42 Å². The van der Waals surface area contributed by atoms with Gasteiger partial charge in [-0.2, -0.15) is 4.31 Å². The van der Waals surface area contributed by atoms with Gasteiger partial charge in [-0.15, -0.1) is 0 Å². The van der Waals surface area contributed by atoms with Crippen LogP contribution in [0.5, 0.6) is 0 Å². The van der Waals surface area contributed by atoms with Crippen LogP contribution in [0.4, 0.5) is 0 Å². The van der Waals surface area contributed by atoms with Gasteiger partial charge in [0.05, 0.1) is 4.90 Å². The van der Waals surface area contributed by atoms with Gasteiger partial charge in [-0.1, -0.05) is 45.7 Å². The lowest BCUT2D eigenvalue weighted by Crippen LogP contribution is -2.45. The van der Waals surface area contributed by atoms with Crippen molar-refractivity contribution in [3.8, 4) is 0 Å². The summed E-state index contributed by atoms with van der Waals surface area (Å²) in [5.74, 6) is 0.646. The predicted octanol–water partition coefficient (Wildman–Crippen LogP) is 3.26. The van der Waals surface area contributed by atoms with E-state index in [1.807, 2.05) is 26.0 Å². The molecular formula is C19H31N3O2S2. The molecule has 26 heavy (non-hydrogen) atoms. The highest BCUT2D eigenvalue weighted by Gasteiger charge is 2.22. The minimum atomic E-state index is -3.40. The van der Waals surface area contributed by atoms with E-state index in [-0.39, 0.29) is 0 Å². The van der Waals surface area contributed by atoms with Crippen molar-refractivity contribution in [2.45, 2.75) is 63.9 Å². The fraction of sp³-hybridized carbons (Fsp3) is 0.632. The Morgan fingerprint density at radius 3 is 2.35 bits per heavy atom. The predicted molar refractivity (Wildman–Crippen MR) is 111 cm³/mol. The number of rotatable bonds is 7. The lowest BCUT2D eigenvalue weighted by atomic mass is 9.86. The van der Waals surface area contributed by atoms with Crippen LogP contribution in [0.1, 0.15) is 52.0 Å². The molecule has 1 aromatic rings. The maximum Gasteiger partial charge on any atom is 0.243 e. The highest BCUT2D eigenvalue weighted by molar-refractivity contribution is 7.89. The second kappa shape index (κ2) is 9.67. The van der Waals surface area contributed by atoms with Crippen LogP contribution in [0.15, 0.2) is 29.2 Å². The molecule has 2 N–H and O–H groups in total. The summed E-state index contributed by atoms with van der Waals surface area (Å²) in [4.78, 5) is 0.335. The zero-order valence-electron chi connectivity index (χ0n) is 16.0. The van der Waals surface area contributed by atoms with Gasteiger partial charge < -0.3 is 10.6 Å². The summed E-state index contributed by atoms with van der Waals surface area (Å²) >= 11 is 5.41. The van der Waals surface area contributed by atoms with E-state index in [1.165, 1.54) is 30.0 Å². The molecule has 2 rings (SSSR count). The van der Waals surface area contributed by atoms with Gasteiger partial charge in [0.15, 0.2) is 5.11 Å². The number of hydrogen-bond acceptors (Lipinski definition) is 3. The molecule has 5 nitrogen and oxygen atoms in total. The number of hydrogen-bond donors (Lipinski definition) is 2. The van der Waals surface area contributed by atoms with Gasteiger partial charge in [-0.3, -0.25) is 0 Å². The third-order valence-corrected chi connectivity index (χ3v) is 7.47. The average molecular weight is 398 g/mol. The van der Waals surface area contributed by atoms with E-state index in [1.54, 1.807) is 12.1 Å². The van der Waals surface area contributed by atoms with Gasteiger partial charge >= 0.3 is 0 Å². The normalized spacial score (nSPS) is 20.8. The van der Waals surface area contributed by atoms with Gasteiger partial charge in [-0.25, -0.2) is 8.42 Å². The first-order valence-corrected chi connectivity index (χ1v) is 11.4. The summed E-state index contributed by atoms with van der Waals surface area (Å²) < 4.78 is 26.5. The van der Waals surface area contributed by atoms with E-state index in [4.69, 9.17) is 12.2 Å². The summed E-state index contributed by atoms with van der Waals surface area (Å²) in [7, 11) is -3.40. The van der Waals surface area contributed by atoms with Crippen molar-refractivity contribution in [3.05, 3.63) is 29.8 Å². The molecule has 0 saturated heterocycles. The third kappa shape index (κ3) is 5.41. The molecule has 2 atom stereocenters. The van der Waals surface area contributed by atoms with Gasteiger partial charge in [0.1, 0.15) is 0 Å². The number of benzene rings is 1. The molecule has 0 heterocycles. The van der Waals surface area contributed by atoms with Crippen LogP contribution in [0.2, 0.25) is 0 Å². The van der Waals surface area contributed by atoms with Crippen LogP contribution in [-0.4, -0.2) is 37.0 Å². The maximum atomic E-state index is 12.5. The van der Waals surface area contributed by atoms with Crippen molar-refractivity contribution >= 4 is 27.4 Å². The molecular weight excluding hydrogens is 366 g/mol. The fourth-order valence-corrected chi connectivity index (χ4v) is 5.11. The maximum absolute atomic E-state index is 12.5. The summed E-state index contributed by atoms with van der Waals surface area (Å²) in [5.41, 5.74) is 1.00. The lowest BCUT2D eigenvalue weighted by Gasteiger charge is -2.30. The first kappa shape index (κ1) is 21.1. The fourth-order valence-electron chi connectivity index (χ4n) is 3.42. The number of sulfonamides is 1. The SMILES string of the molecule is CCN(CC)S(=O)(=O)c1ccc(CNC(=S)N[C@@H]2CCCC[C@H]2C)cc1. The van der Waals surface area contributed by atoms with E-state index in [0.717, 1.165) is 5.56 Å². The standard InChI is InChI=1S/C19H31N3O2S2/c1-4-22(5-2)26(23,24)17-12-10-16(11-13-17)14-20-19(25)21-18-9-7-6-8-15(18)3/h10-13,15,18H,4-9,14H2,1-3H3,(H2,20,21,25)/t15-,18-/m1/s1. The lowest BCUT2D eigenvalue weighted by molar-refractivity contribution is 0.308. The van der Waals surface area contributed by atoms with E-state index in [2.05, 4.69) is 17.6 Å². The van der Waals surface area contributed by atoms with Crippen molar-refractivity contribution in [1.29, 1.82) is 0 Å². The van der Waals surface area contributed by atoms with Crippen LogP contribution >= 0.6 is 12.2 Å². The first-order chi connectivity index (χ1) is 12.4. The van der Waals surface area contributed by atoms with Crippen molar-refractivity contribution in [3.63, 3.8) is 0 Å². The Morgan fingerprint density at radius 2 is 1.77 bits per heavy atom. The Hall–Kier alpha value is -1.18. The second-order valence-electron chi connectivity index (χ2n) is 6.93. The van der Waals surface area contributed by atoms with E-state index in [9.17, 15) is 8.42 Å². The van der Waals surface area contributed by atoms with Gasteiger partial charge in [0, 0.05) is 25.7 Å². The van der Waals surface area contributed by atoms with Gasteiger partial charge in [0.25, 0.3) is 0 Å². The van der Waals surface area contributed by atoms with E-state index >= 15 is 0 Å². The number of nitrogens with one attached hydrogen (secondary N) is 2. The molecule has 0 amide bonds. The molecule has 1 aliphatic rings. The Morgan fingerprint density at radius 1 is 1.15 bits per heavy atom. The summed E-state index contributed by atoms with van der Waals surface area (Å²) in [6, 6.07) is 7.48. The van der Waals surface area contributed by atoms with E-state index in [0.29, 0.717) is 41.6 Å². The Labute approximate surface area is 163 Å². The molecule has 1 saturated carbocycles. The topological polar surface area (TPSA) is 61.4 Å². The monoisotopic (exact) mass is 397 g/mol.